The number of anilines is 2. The van der Waals surface area contributed by atoms with Gasteiger partial charge >= 0.3 is 0 Å². The second kappa shape index (κ2) is 9.42. The Morgan fingerprint density at radius 3 is 2.34 bits per heavy atom. The summed E-state index contributed by atoms with van der Waals surface area (Å²) < 4.78 is 0. The molecule has 6 heteroatoms. The minimum atomic E-state index is -0.0487. The first-order chi connectivity index (χ1) is 13.8. The van der Waals surface area contributed by atoms with Crippen molar-refractivity contribution in [1.29, 1.82) is 0 Å². The van der Waals surface area contributed by atoms with Crippen LogP contribution in [0.3, 0.4) is 0 Å². The fourth-order valence-corrected chi connectivity index (χ4v) is 3.71. The summed E-state index contributed by atoms with van der Waals surface area (Å²) >= 11 is 6.03. The third-order valence-corrected chi connectivity index (χ3v) is 5.81. The van der Waals surface area contributed by atoms with Gasteiger partial charge in [0.1, 0.15) is 0 Å². The molecule has 0 aliphatic carbocycles. The molecule has 0 spiro atoms. The molecule has 2 N–H and O–H groups in total. The van der Waals surface area contributed by atoms with Gasteiger partial charge in [-0.15, -0.1) is 0 Å². The first-order valence-electron chi connectivity index (χ1n) is 9.98. The molecule has 0 atom stereocenters. The smallest absolute Gasteiger partial charge is 0.238 e. The van der Waals surface area contributed by atoms with E-state index in [4.69, 9.17) is 11.6 Å². The number of halogens is 1. The van der Waals surface area contributed by atoms with Crippen molar-refractivity contribution in [3.63, 3.8) is 0 Å². The Kier molecular flexibility index (Phi) is 6.93. The molecule has 0 unspecified atom stereocenters. The highest BCUT2D eigenvalue weighted by atomic mass is 35.5. The molecule has 3 rings (SSSR count). The van der Waals surface area contributed by atoms with Gasteiger partial charge in [0, 0.05) is 22.3 Å². The van der Waals surface area contributed by atoms with Crippen LogP contribution in [-0.4, -0.2) is 36.3 Å². The molecule has 1 fully saturated rings. The normalized spacial score (nSPS) is 15.2. The predicted octanol–water partition coefficient (Wildman–Crippen LogP) is 4.55. The third-order valence-electron chi connectivity index (χ3n) is 5.57. The van der Waals surface area contributed by atoms with Gasteiger partial charge in [-0.3, -0.25) is 14.5 Å². The van der Waals surface area contributed by atoms with E-state index in [-0.39, 0.29) is 17.7 Å². The van der Waals surface area contributed by atoms with Crippen molar-refractivity contribution in [2.24, 2.45) is 5.92 Å². The van der Waals surface area contributed by atoms with E-state index in [9.17, 15) is 9.59 Å². The first kappa shape index (κ1) is 21.3. The van der Waals surface area contributed by atoms with Gasteiger partial charge in [-0.2, -0.15) is 0 Å². The molecule has 1 heterocycles. The second-order valence-corrected chi connectivity index (χ2v) is 8.28. The van der Waals surface area contributed by atoms with Gasteiger partial charge in [-0.05, 0) is 87.7 Å². The lowest BCUT2D eigenvalue weighted by molar-refractivity contribution is -0.121. The quantitative estimate of drug-likeness (QED) is 0.755. The van der Waals surface area contributed by atoms with Crippen LogP contribution < -0.4 is 10.6 Å². The number of rotatable bonds is 5. The molecule has 0 saturated carbocycles. The van der Waals surface area contributed by atoms with Crippen LogP contribution in [0.2, 0.25) is 5.02 Å². The number of aryl methyl sites for hydroxylation is 3. The van der Waals surface area contributed by atoms with Gasteiger partial charge in [-0.25, -0.2) is 0 Å². The summed E-state index contributed by atoms with van der Waals surface area (Å²) in [7, 11) is 0. The van der Waals surface area contributed by atoms with Crippen molar-refractivity contribution in [1.82, 2.24) is 4.90 Å². The van der Waals surface area contributed by atoms with E-state index >= 15 is 0 Å². The SMILES string of the molecule is Cc1ccc(NC(=O)CN2CCC(C(=O)Nc3cc(Cl)ccc3C)CC2)cc1C. The zero-order valence-electron chi connectivity index (χ0n) is 17.2. The molecule has 2 amide bonds. The van der Waals surface area contributed by atoms with Gasteiger partial charge in [0.25, 0.3) is 0 Å². The maximum Gasteiger partial charge on any atom is 0.238 e. The van der Waals surface area contributed by atoms with Crippen LogP contribution in [0.25, 0.3) is 0 Å². The number of benzene rings is 2. The number of carbonyl (C=O) groups excluding carboxylic acids is 2. The van der Waals surface area contributed by atoms with Crippen LogP contribution in [0.15, 0.2) is 36.4 Å². The maximum absolute atomic E-state index is 12.6. The maximum atomic E-state index is 12.6. The first-order valence-corrected chi connectivity index (χ1v) is 10.4. The van der Waals surface area contributed by atoms with Crippen molar-refractivity contribution < 1.29 is 9.59 Å². The second-order valence-electron chi connectivity index (χ2n) is 7.85. The van der Waals surface area contributed by atoms with Gasteiger partial charge in [0.05, 0.1) is 6.54 Å². The summed E-state index contributed by atoms with van der Waals surface area (Å²) in [5, 5.41) is 6.57. The van der Waals surface area contributed by atoms with Gasteiger partial charge in [0.2, 0.25) is 11.8 Å². The van der Waals surface area contributed by atoms with Crippen LogP contribution in [0.5, 0.6) is 0 Å². The molecule has 0 bridgehead atoms. The molecule has 29 heavy (non-hydrogen) atoms. The molecule has 2 aromatic carbocycles. The van der Waals surface area contributed by atoms with E-state index in [1.54, 1.807) is 6.07 Å². The van der Waals surface area contributed by atoms with Crippen molar-refractivity contribution in [2.45, 2.75) is 33.6 Å². The fourth-order valence-electron chi connectivity index (χ4n) is 3.54. The highest BCUT2D eigenvalue weighted by Gasteiger charge is 2.26. The lowest BCUT2D eigenvalue weighted by atomic mass is 9.95. The van der Waals surface area contributed by atoms with E-state index in [2.05, 4.69) is 22.5 Å². The molecule has 5 nitrogen and oxygen atoms in total. The molecular weight excluding hydrogens is 386 g/mol. The van der Waals surface area contributed by atoms with Gasteiger partial charge in [-0.1, -0.05) is 23.7 Å². The summed E-state index contributed by atoms with van der Waals surface area (Å²) in [5.41, 5.74) is 4.94. The van der Waals surface area contributed by atoms with E-state index in [0.29, 0.717) is 11.6 Å². The molecule has 1 saturated heterocycles. The highest BCUT2D eigenvalue weighted by Crippen LogP contribution is 2.24. The number of hydrogen-bond donors (Lipinski definition) is 2. The van der Waals surface area contributed by atoms with Crippen molar-refractivity contribution in [2.75, 3.05) is 30.3 Å². The Bertz CT molecular complexity index is 905. The zero-order valence-corrected chi connectivity index (χ0v) is 18.0. The monoisotopic (exact) mass is 413 g/mol. The molecule has 0 aromatic heterocycles. The fraction of sp³-hybridized carbons (Fsp3) is 0.391. The number of hydrogen-bond acceptors (Lipinski definition) is 3. The summed E-state index contributed by atoms with van der Waals surface area (Å²) in [5.74, 6) is -0.0484. The predicted molar refractivity (Wildman–Crippen MR) is 119 cm³/mol. The van der Waals surface area contributed by atoms with E-state index in [1.165, 1.54) is 5.56 Å². The Morgan fingerprint density at radius 1 is 0.966 bits per heavy atom. The van der Waals surface area contributed by atoms with Crippen LogP contribution in [-0.2, 0) is 9.59 Å². The zero-order chi connectivity index (χ0) is 21.0. The van der Waals surface area contributed by atoms with Crippen LogP contribution in [0, 0.1) is 26.7 Å². The number of amides is 2. The Balaban J connectivity index is 1.47. The Hall–Kier alpha value is -2.37. The van der Waals surface area contributed by atoms with Crippen LogP contribution >= 0.6 is 11.6 Å². The number of nitrogens with one attached hydrogen (secondary N) is 2. The lowest BCUT2D eigenvalue weighted by Gasteiger charge is -2.30. The summed E-state index contributed by atoms with van der Waals surface area (Å²) in [6.07, 6.45) is 1.48. The largest absolute Gasteiger partial charge is 0.326 e. The van der Waals surface area contributed by atoms with Crippen molar-refractivity contribution in [3.8, 4) is 0 Å². The topological polar surface area (TPSA) is 61.4 Å². The standard InChI is InChI=1S/C23H28ClN3O2/c1-15-5-7-20(12-17(15)3)25-22(28)14-27-10-8-18(9-11-27)23(29)26-21-13-19(24)6-4-16(21)2/h4-7,12-13,18H,8-11,14H2,1-3H3,(H,25,28)(H,26,29). The Labute approximate surface area is 177 Å². The molecule has 2 aromatic rings. The van der Waals surface area contributed by atoms with E-state index in [0.717, 1.165) is 48.4 Å². The lowest BCUT2D eigenvalue weighted by Crippen LogP contribution is -2.41. The minimum absolute atomic E-state index is 0.0225. The Morgan fingerprint density at radius 2 is 1.66 bits per heavy atom. The van der Waals surface area contributed by atoms with E-state index in [1.807, 2.05) is 44.2 Å². The minimum Gasteiger partial charge on any atom is -0.326 e. The molecule has 154 valence electrons. The highest BCUT2D eigenvalue weighted by molar-refractivity contribution is 6.31. The number of piperidine rings is 1. The summed E-state index contributed by atoms with van der Waals surface area (Å²) in [6.45, 7) is 7.83. The number of likely N-dealkylation sites (tertiary alicyclic amines) is 1. The molecule has 1 aliphatic heterocycles. The van der Waals surface area contributed by atoms with Crippen molar-refractivity contribution in [3.05, 3.63) is 58.1 Å². The van der Waals surface area contributed by atoms with Crippen molar-refractivity contribution >= 4 is 34.8 Å². The summed E-state index contributed by atoms with van der Waals surface area (Å²) in [6, 6.07) is 11.4. The van der Waals surface area contributed by atoms with Gasteiger partial charge in [0.15, 0.2) is 0 Å². The number of nitrogens with zero attached hydrogens (tertiary/aromatic N) is 1. The van der Waals surface area contributed by atoms with Crippen LogP contribution in [0.1, 0.15) is 29.5 Å². The third kappa shape index (κ3) is 5.81. The average molecular weight is 414 g/mol. The molecule has 0 radical (unpaired) electrons. The molecular formula is C23H28ClN3O2. The average Bonchev–Trinajstić information content (AvgIpc) is 2.68. The summed E-state index contributed by atoms with van der Waals surface area (Å²) in [4.78, 5) is 27.1. The number of carbonyl (C=O) groups is 2. The van der Waals surface area contributed by atoms with Crippen LogP contribution in [0.4, 0.5) is 11.4 Å². The van der Waals surface area contributed by atoms with Gasteiger partial charge < -0.3 is 10.6 Å². The molecule has 1 aliphatic rings. The van der Waals surface area contributed by atoms with E-state index < -0.39 is 0 Å².